The third-order valence-corrected chi connectivity index (χ3v) is 10.0. The molecule has 0 bridgehead atoms. The number of amides is 2. The first-order valence-electron chi connectivity index (χ1n) is 15.2. The minimum atomic E-state index is -3.63. The molecule has 242 valence electrons. The van der Waals surface area contributed by atoms with E-state index in [1.165, 1.54) is 11.4 Å². The number of hydrogen-bond donors (Lipinski definition) is 1. The van der Waals surface area contributed by atoms with Gasteiger partial charge < -0.3 is 15.0 Å². The molecule has 2 amide bonds. The fourth-order valence-corrected chi connectivity index (χ4v) is 7.19. The Bertz CT molecular complexity index is 1510. The molecule has 0 unspecified atom stereocenters. The van der Waals surface area contributed by atoms with Gasteiger partial charge in [0.2, 0.25) is 21.8 Å². The molecule has 1 atom stereocenters. The molecule has 8 nitrogen and oxygen atoms in total. The van der Waals surface area contributed by atoms with Crippen molar-refractivity contribution in [3.8, 4) is 5.75 Å². The topological polar surface area (TPSA) is 96.0 Å². The second-order valence-electron chi connectivity index (χ2n) is 11.4. The molecule has 1 aliphatic rings. The van der Waals surface area contributed by atoms with Gasteiger partial charge in [-0.05, 0) is 61.2 Å². The summed E-state index contributed by atoms with van der Waals surface area (Å²) in [6.07, 6.45) is 6.73. The molecule has 3 aromatic carbocycles. The summed E-state index contributed by atoms with van der Waals surface area (Å²) in [6, 6.07) is 20.7. The predicted molar refractivity (Wildman–Crippen MR) is 180 cm³/mol. The van der Waals surface area contributed by atoms with E-state index >= 15 is 0 Å². The fraction of sp³-hybridized carbons (Fsp3) is 0.412. The standard InChI is InChI=1S/C34H41Cl2N3O5S/c1-44-28-20-18-27(19-21-28)39(45(2,42)43)22-10-17-33(40)38(24-29-30(35)15-9-16-31(29)36)32(23-25-11-5-3-6-12-25)34(41)37-26-13-7-4-8-14-26/h3,5-6,9,11-12,15-16,18-21,26,32H,4,7-8,10,13-14,17,22-24H2,1-2H3,(H,37,41)/t32-/m0/s1. The van der Waals surface area contributed by atoms with Crippen molar-refractivity contribution in [3.05, 3.63) is 94.0 Å². The summed E-state index contributed by atoms with van der Waals surface area (Å²) in [6.45, 7) is 0.108. The molecular formula is C34H41Cl2N3O5S. The number of ether oxygens (including phenoxy) is 1. The van der Waals surface area contributed by atoms with Crippen LogP contribution in [0.15, 0.2) is 72.8 Å². The molecule has 3 aromatic rings. The second-order valence-corrected chi connectivity index (χ2v) is 14.1. The first-order valence-corrected chi connectivity index (χ1v) is 17.9. The van der Waals surface area contributed by atoms with Crippen molar-refractivity contribution in [2.75, 3.05) is 24.2 Å². The Hall–Kier alpha value is -3.27. The number of methoxy groups -OCH3 is 1. The molecular weight excluding hydrogens is 633 g/mol. The van der Waals surface area contributed by atoms with Gasteiger partial charge in [-0.3, -0.25) is 13.9 Å². The summed E-state index contributed by atoms with van der Waals surface area (Å²) in [7, 11) is -2.10. The number of carbonyl (C=O) groups is 2. The van der Waals surface area contributed by atoms with E-state index in [9.17, 15) is 18.0 Å². The summed E-state index contributed by atoms with van der Waals surface area (Å²) in [4.78, 5) is 29.7. The average molecular weight is 675 g/mol. The van der Waals surface area contributed by atoms with Crippen molar-refractivity contribution >= 4 is 50.7 Å². The zero-order valence-corrected chi connectivity index (χ0v) is 28.1. The number of benzene rings is 3. The van der Waals surface area contributed by atoms with E-state index in [0.717, 1.165) is 43.9 Å². The van der Waals surface area contributed by atoms with Crippen molar-refractivity contribution in [2.45, 2.75) is 70.0 Å². The van der Waals surface area contributed by atoms with Gasteiger partial charge in [-0.1, -0.05) is 78.9 Å². The van der Waals surface area contributed by atoms with E-state index in [2.05, 4.69) is 5.32 Å². The van der Waals surface area contributed by atoms with Crippen LogP contribution < -0.4 is 14.4 Å². The molecule has 0 heterocycles. The quantitative estimate of drug-likeness (QED) is 0.207. The van der Waals surface area contributed by atoms with Crippen molar-refractivity contribution in [3.63, 3.8) is 0 Å². The zero-order chi connectivity index (χ0) is 32.4. The highest BCUT2D eigenvalue weighted by molar-refractivity contribution is 7.92. The van der Waals surface area contributed by atoms with Crippen LogP contribution >= 0.6 is 23.2 Å². The van der Waals surface area contributed by atoms with Gasteiger partial charge in [0.25, 0.3) is 0 Å². The lowest BCUT2D eigenvalue weighted by Gasteiger charge is -2.34. The largest absolute Gasteiger partial charge is 0.497 e. The number of halogens is 2. The highest BCUT2D eigenvalue weighted by atomic mass is 35.5. The second kappa shape index (κ2) is 16.3. The van der Waals surface area contributed by atoms with Crippen LogP contribution in [0, 0.1) is 0 Å². The lowest BCUT2D eigenvalue weighted by Crippen LogP contribution is -2.53. The Kier molecular flexibility index (Phi) is 12.6. The number of carbonyl (C=O) groups excluding carboxylic acids is 2. The molecule has 45 heavy (non-hydrogen) atoms. The van der Waals surface area contributed by atoms with E-state index in [4.69, 9.17) is 27.9 Å². The Balaban J connectivity index is 1.61. The molecule has 1 N–H and O–H groups in total. The molecule has 0 aromatic heterocycles. The van der Waals surface area contributed by atoms with Crippen LogP contribution in [-0.4, -0.2) is 57.1 Å². The summed E-state index contributed by atoms with van der Waals surface area (Å²) in [5.41, 5.74) is 1.93. The van der Waals surface area contributed by atoms with E-state index in [1.54, 1.807) is 47.4 Å². The molecule has 0 spiro atoms. The van der Waals surface area contributed by atoms with Gasteiger partial charge in [0, 0.05) is 47.6 Å². The number of nitrogens with zero attached hydrogens (tertiary/aromatic N) is 2. The Labute approximate surface area is 276 Å². The van der Waals surface area contributed by atoms with Gasteiger partial charge in [-0.15, -0.1) is 0 Å². The van der Waals surface area contributed by atoms with Gasteiger partial charge in [-0.25, -0.2) is 8.42 Å². The van der Waals surface area contributed by atoms with E-state index in [-0.39, 0.29) is 43.8 Å². The normalized spacial score (nSPS) is 14.4. The third-order valence-electron chi connectivity index (χ3n) is 8.13. The fourth-order valence-electron chi connectivity index (χ4n) is 5.70. The number of anilines is 1. The van der Waals surface area contributed by atoms with Crippen LogP contribution in [0.4, 0.5) is 5.69 Å². The van der Waals surface area contributed by atoms with Crippen molar-refractivity contribution in [1.29, 1.82) is 0 Å². The minimum absolute atomic E-state index is 0.00620. The van der Waals surface area contributed by atoms with Gasteiger partial charge in [0.05, 0.1) is 19.1 Å². The number of sulfonamides is 1. The molecule has 1 saturated carbocycles. The van der Waals surface area contributed by atoms with E-state index < -0.39 is 16.1 Å². The Morgan fingerprint density at radius 1 is 0.933 bits per heavy atom. The van der Waals surface area contributed by atoms with Crippen LogP contribution in [0.25, 0.3) is 0 Å². The van der Waals surface area contributed by atoms with Crippen LogP contribution in [0.5, 0.6) is 5.75 Å². The monoisotopic (exact) mass is 673 g/mol. The van der Waals surface area contributed by atoms with Gasteiger partial charge in [-0.2, -0.15) is 0 Å². The smallest absolute Gasteiger partial charge is 0.243 e. The molecule has 0 radical (unpaired) electrons. The Morgan fingerprint density at radius 3 is 2.18 bits per heavy atom. The summed E-state index contributed by atoms with van der Waals surface area (Å²) < 4.78 is 31.9. The Morgan fingerprint density at radius 2 is 1.58 bits per heavy atom. The van der Waals surface area contributed by atoms with Crippen LogP contribution in [-0.2, 0) is 32.6 Å². The number of rotatable bonds is 14. The average Bonchev–Trinajstić information content (AvgIpc) is 3.02. The summed E-state index contributed by atoms with van der Waals surface area (Å²) in [5.74, 6) is 0.0828. The van der Waals surface area contributed by atoms with Gasteiger partial charge in [0.1, 0.15) is 11.8 Å². The molecule has 0 saturated heterocycles. The van der Waals surface area contributed by atoms with E-state index in [1.807, 2.05) is 30.3 Å². The molecule has 4 rings (SSSR count). The van der Waals surface area contributed by atoms with Crippen molar-refractivity contribution in [2.24, 2.45) is 0 Å². The zero-order valence-electron chi connectivity index (χ0n) is 25.8. The van der Waals surface area contributed by atoms with Crippen LogP contribution in [0.1, 0.15) is 56.1 Å². The molecule has 11 heteroatoms. The molecule has 0 aliphatic heterocycles. The summed E-state index contributed by atoms with van der Waals surface area (Å²) in [5, 5.41) is 4.01. The maximum Gasteiger partial charge on any atom is 0.243 e. The lowest BCUT2D eigenvalue weighted by molar-refractivity contribution is -0.141. The third kappa shape index (κ3) is 9.86. The lowest BCUT2D eigenvalue weighted by atomic mass is 9.94. The molecule has 1 fully saturated rings. The minimum Gasteiger partial charge on any atom is -0.497 e. The van der Waals surface area contributed by atoms with Crippen molar-refractivity contribution in [1.82, 2.24) is 10.2 Å². The van der Waals surface area contributed by atoms with Gasteiger partial charge >= 0.3 is 0 Å². The number of hydrogen-bond acceptors (Lipinski definition) is 5. The van der Waals surface area contributed by atoms with Gasteiger partial charge in [0.15, 0.2) is 0 Å². The van der Waals surface area contributed by atoms with Crippen LogP contribution in [0.2, 0.25) is 10.0 Å². The highest BCUT2D eigenvalue weighted by Crippen LogP contribution is 2.28. The first kappa shape index (κ1) is 34.6. The maximum atomic E-state index is 14.1. The SMILES string of the molecule is COc1ccc(N(CCCC(=O)N(Cc2c(Cl)cccc2Cl)[C@@H](Cc2ccccc2)C(=O)NC2CCCCC2)S(C)(=O)=O)cc1. The highest BCUT2D eigenvalue weighted by Gasteiger charge is 2.33. The van der Waals surface area contributed by atoms with E-state index in [0.29, 0.717) is 33.5 Å². The van der Waals surface area contributed by atoms with Crippen molar-refractivity contribution < 1.29 is 22.7 Å². The molecule has 1 aliphatic carbocycles. The predicted octanol–water partition coefficient (Wildman–Crippen LogP) is 6.64. The summed E-state index contributed by atoms with van der Waals surface area (Å²) >= 11 is 13.1. The van der Waals surface area contributed by atoms with Crippen LogP contribution in [0.3, 0.4) is 0 Å². The maximum absolute atomic E-state index is 14.1. The number of nitrogens with one attached hydrogen (secondary N) is 1. The first-order chi connectivity index (χ1) is 21.6.